The third-order valence-corrected chi connectivity index (χ3v) is 2.96. The van der Waals surface area contributed by atoms with Gasteiger partial charge in [-0.15, -0.1) is 0 Å². The molecule has 86 valence electrons. The highest BCUT2D eigenvalue weighted by molar-refractivity contribution is 5.83. The van der Waals surface area contributed by atoms with Crippen LogP contribution < -0.4 is 11.5 Å². The molecule has 1 aliphatic rings. The van der Waals surface area contributed by atoms with E-state index >= 15 is 0 Å². The van der Waals surface area contributed by atoms with E-state index in [-0.39, 0.29) is 23.8 Å². The molecule has 5 heteroatoms. The topological polar surface area (TPSA) is 89.4 Å². The lowest BCUT2D eigenvalue weighted by atomic mass is 9.92. The lowest BCUT2D eigenvalue weighted by Gasteiger charge is -2.37. The van der Waals surface area contributed by atoms with Crippen LogP contribution in [0.3, 0.4) is 0 Å². The summed E-state index contributed by atoms with van der Waals surface area (Å²) in [6.07, 6.45) is 1.57. The normalized spacial score (nSPS) is 28.6. The van der Waals surface area contributed by atoms with Gasteiger partial charge in [-0.05, 0) is 26.7 Å². The molecule has 1 rings (SSSR count). The lowest BCUT2D eigenvalue weighted by molar-refractivity contribution is -0.138. The summed E-state index contributed by atoms with van der Waals surface area (Å²) in [4.78, 5) is 24.4. The van der Waals surface area contributed by atoms with Gasteiger partial charge < -0.3 is 16.4 Å². The Kier molecular flexibility index (Phi) is 3.68. The van der Waals surface area contributed by atoms with Gasteiger partial charge in [0, 0.05) is 12.6 Å². The average molecular weight is 213 g/mol. The van der Waals surface area contributed by atoms with E-state index in [0.717, 1.165) is 12.8 Å². The predicted octanol–water partition coefficient (Wildman–Crippen LogP) is -0.554. The number of primary amides is 1. The zero-order chi connectivity index (χ0) is 11.6. The van der Waals surface area contributed by atoms with Gasteiger partial charge in [0.05, 0.1) is 12.0 Å². The van der Waals surface area contributed by atoms with Gasteiger partial charge in [0.25, 0.3) is 0 Å². The summed E-state index contributed by atoms with van der Waals surface area (Å²) < 4.78 is 0. The summed E-state index contributed by atoms with van der Waals surface area (Å²) in [6.45, 7) is 4.04. The van der Waals surface area contributed by atoms with E-state index in [2.05, 4.69) is 0 Å². The molecule has 15 heavy (non-hydrogen) atoms. The summed E-state index contributed by atoms with van der Waals surface area (Å²) >= 11 is 0. The number of rotatable bonds is 2. The molecule has 1 saturated heterocycles. The third kappa shape index (κ3) is 2.68. The Labute approximate surface area is 89.8 Å². The molecule has 1 aliphatic heterocycles. The van der Waals surface area contributed by atoms with Crippen LogP contribution in [-0.2, 0) is 9.59 Å². The summed E-state index contributed by atoms with van der Waals surface area (Å²) in [5, 5.41) is 0. The van der Waals surface area contributed by atoms with Gasteiger partial charge in [0.2, 0.25) is 11.8 Å². The summed E-state index contributed by atoms with van der Waals surface area (Å²) in [5.74, 6) is -0.651. The van der Waals surface area contributed by atoms with E-state index in [4.69, 9.17) is 11.5 Å². The Hall–Kier alpha value is -1.10. The van der Waals surface area contributed by atoms with Crippen LogP contribution in [0.5, 0.6) is 0 Å². The molecule has 0 saturated carbocycles. The second kappa shape index (κ2) is 4.61. The van der Waals surface area contributed by atoms with Crippen LogP contribution in [0.4, 0.5) is 0 Å². The molecule has 0 spiro atoms. The Balaban J connectivity index is 2.69. The number of carbonyl (C=O) groups excluding carboxylic acids is 2. The molecule has 5 nitrogen and oxygen atoms in total. The van der Waals surface area contributed by atoms with Gasteiger partial charge >= 0.3 is 0 Å². The number of nitrogens with zero attached hydrogens (tertiary/aromatic N) is 1. The summed E-state index contributed by atoms with van der Waals surface area (Å²) in [5.41, 5.74) is 10.8. The molecule has 0 radical (unpaired) electrons. The molecule has 0 aromatic carbocycles. The van der Waals surface area contributed by atoms with E-state index < -0.39 is 6.04 Å². The molecule has 1 fully saturated rings. The first kappa shape index (κ1) is 12.0. The standard InChI is InChI=1S/C10H19N3O2/c1-6-3-4-8(9(12)14)5-13(6)10(15)7(2)11/h6-8H,3-5,11H2,1-2H3,(H2,12,14). The summed E-state index contributed by atoms with van der Waals surface area (Å²) in [6, 6.07) is -0.363. The van der Waals surface area contributed by atoms with Crippen LogP contribution in [-0.4, -0.2) is 35.3 Å². The monoisotopic (exact) mass is 213 g/mol. The first-order valence-electron chi connectivity index (χ1n) is 5.29. The number of piperidine rings is 1. The molecule has 0 aromatic heterocycles. The lowest BCUT2D eigenvalue weighted by Crippen LogP contribution is -2.52. The van der Waals surface area contributed by atoms with Gasteiger partial charge in [0.1, 0.15) is 0 Å². The van der Waals surface area contributed by atoms with Crippen LogP contribution in [0.25, 0.3) is 0 Å². The predicted molar refractivity (Wildman–Crippen MR) is 56.7 cm³/mol. The molecule has 2 amide bonds. The number of likely N-dealkylation sites (tertiary alicyclic amines) is 1. The van der Waals surface area contributed by atoms with Crippen LogP contribution in [0.1, 0.15) is 26.7 Å². The second-order valence-electron chi connectivity index (χ2n) is 4.30. The van der Waals surface area contributed by atoms with Gasteiger partial charge in [-0.1, -0.05) is 0 Å². The molecule has 0 aliphatic carbocycles. The first-order chi connectivity index (χ1) is 6.93. The van der Waals surface area contributed by atoms with Crippen molar-refractivity contribution in [3.05, 3.63) is 0 Å². The van der Waals surface area contributed by atoms with Gasteiger partial charge in [-0.3, -0.25) is 9.59 Å². The molecule has 0 bridgehead atoms. The van der Waals surface area contributed by atoms with E-state index in [0.29, 0.717) is 6.54 Å². The van der Waals surface area contributed by atoms with E-state index in [9.17, 15) is 9.59 Å². The molecule has 3 unspecified atom stereocenters. The maximum atomic E-state index is 11.7. The van der Waals surface area contributed by atoms with Crippen molar-refractivity contribution < 1.29 is 9.59 Å². The Morgan fingerprint density at radius 3 is 2.47 bits per heavy atom. The molecular weight excluding hydrogens is 194 g/mol. The molecular formula is C10H19N3O2. The van der Waals surface area contributed by atoms with E-state index in [1.807, 2.05) is 6.92 Å². The maximum absolute atomic E-state index is 11.7. The van der Waals surface area contributed by atoms with Crippen LogP contribution in [0, 0.1) is 5.92 Å². The van der Waals surface area contributed by atoms with Crippen molar-refractivity contribution in [2.75, 3.05) is 6.54 Å². The number of carbonyl (C=O) groups is 2. The highest BCUT2D eigenvalue weighted by Gasteiger charge is 2.32. The highest BCUT2D eigenvalue weighted by atomic mass is 16.2. The van der Waals surface area contributed by atoms with Crippen molar-refractivity contribution in [2.45, 2.75) is 38.8 Å². The maximum Gasteiger partial charge on any atom is 0.239 e. The van der Waals surface area contributed by atoms with Gasteiger partial charge in [-0.2, -0.15) is 0 Å². The van der Waals surface area contributed by atoms with E-state index in [1.165, 1.54) is 0 Å². The smallest absolute Gasteiger partial charge is 0.239 e. The number of hydrogen-bond donors (Lipinski definition) is 2. The molecule has 4 N–H and O–H groups in total. The Morgan fingerprint density at radius 1 is 1.40 bits per heavy atom. The minimum absolute atomic E-state index is 0.103. The van der Waals surface area contributed by atoms with Crippen LogP contribution in [0.15, 0.2) is 0 Å². The second-order valence-corrected chi connectivity index (χ2v) is 4.30. The molecule has 1 heterocycles. The third-order valence-electron chi connectivity index (χ3n) is 2.96. The fourth-order valence-electron chi connectivity index (χ4n) is 1.91. The SMILES string of the molecule is CC(N)C(=O)N1CC(C(N)=O)CCC1C. The van der Waals surface area contributed by atoms with E-state index in [1.54, 1.807) is 11.8 Å². The number of amides is 2. The average Bonchev–Trinajstić information content (AvgIpc) is 2.16. The minimum Gasteiger partial charge on any atom is -0.369 e. The van der Waals surface area contributed by atoms with Crippen molar-refractivity contribution in [3.63, 3.8) is 0 Å². The Morgan fingerprint density at radius 2 is 2.00 bits per heavy atom. The molecule has 3 atom stereocenters. The largest absolute Gasteiger partial charge is 0.369 e. The first-order valence-corrected chi connectivity index (χ1v) is 5.29. The van der Waals surface area contributed by atoms with Gasteiger partial charge in [0.15, 0.2) is 0 Å². The quantitative estimate of drug-likeness (QED) is 0.644. The van der Waals surface area contributed by atoms with Crippen LogP contribution >= 0.6 is 0 Å². The van der Waals surface area contributed by atoms with Crippen LogP contribution in [0.2, 0.25) is 0 Å². The zero-order valence-electron chi connectivity index (χ0n) is 9.27. The Bertz CT molecular complexity index is 265. The number of hydrogen-bond acceptors (Lipinski definition) is 3. The van der Waals surface area contributed by atoms with Crippen molar-refractivity contribution in [2.24, 2.45) is 17.4 Å². The zero-order valence-corrected chi connectivity index (χ0v) is 9.27. The van der Waals surface area contributed by atoms with Crippen molar-refractivity contribution in [3.8, 4) is 0 Å². The number of nitrogens with two attached hydrogens (primary N) is 2. The fourth-order valence-corrected chi connectivity index (χ4v) is 1.91. The van der Waals surface area contributed by atoms with Crippen molar-refractivity contribution >= 4 is 11.8 Å². The van der Waals surface area contributed by atoms with Crippen molar-refractivity contribution in [1.82, 2.24) is 4.90 Å². The minimum atomic E-state index is -0.515. The van der Waals surface area contributed by atoms with Crippen molar-refractivity contribution in [1.29, 1.82) is 0 Å². The highest BCUT2D eigenvalue weighted by Crippen LogP contribution is 2.22. The fraction of sp³-hybridized carbons (Fsp3) is 0.800. The van der Waals surface area contributed by atoms with Gasteiger partial charge in [-0.25, -0.2) is 0 Å². The summed E-state index contributed by atoms with van der Waals surface area (Å²) in [7, 11) is 0. The molecule has 0 aromatic rings.